The van der Waals surface area contributed by atoms with Crippen LogP contribution < -0.4 is 0 Å². The Morgan fingerprint density at radius 3 is 2.57 bits per heavy atom. The molecule has 14 heavy (non-hydrogen) atoms. The lowest BCUT2D eigenvalue weighted by Crippen LogP contribution is -2.08. The second kappa shape index (κ2) is 3.25. The van der Waals surface area contributed by atoms with Gasteiger partial charge in [0.25, 0.3) is 0 Å². The molecule has 0 atom stereocenters. The summed E-state index contributed by atoms with van der Waals surface area (Å²) in [5.74, 6) is 0.507. The Bertz CT molecular complexity index is 341. The summed E-state index contributed by atoms with van der Waals surface area (Å²) in [6.07, 6.45) is -2.17. The van der Waals surface area contributed by atoms with E-state index < -0.39 is 11.9 Å². The van der Waals surface area contributed by atoms with Gasteiger partial charge in [-0.25, -0.2) is 0 Å². The molecule has 1 aliphatic carbocycles. The minimum absolute atomic E-state index is 0.400. The molecule has 1 fully saturated rings. The van der Waals surface area contributed by atoms with Crippen molar-refractivity contribution in [2.45, 2.75) is 25.6 Å². The monoisotopic (exact) mass is 268 g/mol. The second-order valence-corrected chi connectivity index (χ2v) is 4.29. The van der Waals surface area contributed by atoms with E-state index in [-0.39, 0.29) is 0 Å². The highest BCUT2D eigenvalue weighted by Gasteiger charge is 2.35. The lowest BCUT2D eigenvalue weighted by Gasteiger charge is -2.01. The molecule has 1 saturated carbocycles. The van der Waals surface area contributed by atoms with Gasteiger partial charge in [0.1, 0.15) is 4.60 Å². The van der Waals surface area contributed by atoms with Crippen LogP contribution in [0.3, 0.4) is 0 Å². The molecular formula is C8H8BrF3N2. The van der Waals surface area contributed by atoms with E-state index in [2.05, 4.69) is 21.0 Å². The summed E-state index contributed by atoms with van der Waals surface area (Å²) in [6.45, 7) is 0.580. The highest BCUT2D eigenvalue weighted by Crippen LogP contribution is 2.34. The van der Waals surface area contributed by atoms with Gasteiger partial charge >= 0.3 is 6.18 Å². The Morgan fingerprint density at radius 1 is 1.50 bits per heavy atom. The summed E-state index contributed by atoms with van der Waals surface area (Å²) in [5, 5.41) is 3.51. The Kier molecular flexibility index (Phi) is 2.33. The first-order valence-corrected chi connectivity index (χ1v) is 5.06. The lowest BCUT2D eigenvalue weighted by atomic mass is 10.4. The van der Waals surface area contributed by atoms with Gasteiger partial charge in [-0.3, -0.25) is 4.68 Å². The van der Waals surface area contributed by atoms with Crippen molar-refractivity contribution in [1.29, 1.82) is 0 Å². The van der Waals surface area contributed by atoms with Crippen LogP contribution in [-0.4, -0.2) is 9.78 Å². The van der Waals surface area contributed by atoms with Crippen molar-refractivity contribution in [3.05, 3.63) is 16.4 Å². The summed E-state index contributed by atoms with van der Waals surface area (Å²) < 4.78 is 38.5. The van der Waals surface area contributed by atoms with Gasteiger partial charge in [-0.2, -0.15) is 18.3 Å². The first-order valence-electron chi connectivity index (χ1n) is 4.27. The number of halogens is 4. The van der Waals surface area contributed by atoms with Crippen LogP contribution in [0.25, 0.3) is 0 Å². The van der Waals surface area contributed by atoms with Crippen LogP contribution in [0.4, 0.5) is 13.2 Å². The molecule has 6 heteroatoms. The van der Waals surface area contributed by atoms with E-state index in [1.54, 1.807) is 0 Å². The zero-order valence-corrected chi connectivity index (χ0v) is 8.77. The van der Waals surface area contributed by atoms with Crippen molar-refractivity contribution in [1.82, 2.24) is 9.78 Å². The van der Waals surface area contributed by atoms with E-state index in [9.17, 15) is 13.2 Å². The third-order valence-corrected chi connectivity index (χ3v) is 2.79. The molecule has 0 spiro atoms. The predicted octanol–water partition coefficient (Wildman–Crippen LogP) is 3.07. The summed E-state index contributed by atoms with van der Waals surface area (Å²) in [5.41, 5.74) is -0.829. The van der Waals surface area contributed by atoms with Crippen LogP contribution in [0.15, 0.2) is 10.7 Å². The summed E-state index contributed by atoms with van der Waals surface area (Å²) in [7, 11) is 0. The van der Waals surface area contributed by atoms with Crippen molar-refractivity contribution < 1.29 is 13.2 Å². The van der Waals surface area contributed by atoms with Crippen molar-refractivity contribution in [2.75, 3.05) is 0 Å². The molecule has 1 aromatic rings. The molecule has 0 radical (unpaired) electrons. The highest BCUT2D eigenvalue weighted by atomic mass is 79.9. The molecule has 1 heterocycles. The van der Waals surface area contributed by atoms with Gasteiger partial charge in [-0.15, -0.1) is 0 Å². The van der Waals surface area contributed by atoms with Gasteiger partial charge in [0.15, 0.2) is 5.69 Å². The summed E-state index contributed by atoms with van der Waals surface area (Å²) in [4.78, 5) is 0. The maximum atomic E-state index is 12.2. The largest absolute Gasteiger partial charge is 0.435 e. The molecule has 0 N–H and O–H groups in total. The van der Waals surface area contributed by atoms with Gasteiger partial charge in [0, 0.05) is 12.6 Å². The summed E-state index contributed by atoms with van der Waals surface area (Å²) in [6, 6.07) is 1.02. The molecule has 1 aromatic heterocycles. The second-order valence-electron chi connectivity index (χ2n) is 3.48. The van der Waals surface area contributed by atoms with Gasteiger partial charge in [0.2, 0.25) is 0 Å². The average molecular weight is 269 g/mol. The minimum atomic E-state index is -4.35. The van der Waals surface area contributed by atoms with Crippen molar-refractivity contribution >= 4 is 15.9 Å². The van der Waals surface area contributed by atoms with Gasteiger partial charge in [-0.05, 0) is 34.7 Å². The van der Waals surface area contributed by atoms with Crippen LogP contribution in [0.5, 0.6) is 0 Å². The maximum Gasteiger partial charge on any atom is 0.435 e. The number of hydrogen-bond acceptors (Lipinski definition) is 1. The minimum Gasteiger partial charge on any atom is -0.258 e. The van der Waals surface area contributed by atoms with Gasteiger partial charge < -0.3 is 0 Å². The predicted molar refractivity (Wildman–Crippen MR) is 47.7 cm³/mol. The molecule has 0 bridgehead atoms. The molecule has 0 amide bonds. The quantitative estimate of drug-likeness (QED) is 0.806. The molecule has 1 aliphatic rings. The molecule has 78 valence electrons. The van der Waals surface area contributed by atoms with Crippen LogP contribution in [0, 0.1) is 5.92 Å². The Morgan fingerprint density at radius 2 is 2.14 bits per heavy atom. The number of alkyl halides is 3. The first-order chi connectivity index (χ1) is 6.47. The number of rotatable bonds is 2. The van der Waals surface area contributed by atoms with Crippen LogP contribution in [0.2, 0.25) is 0 Å². The van der Waals surface area contributed by atoms with Gasteiger partial charge in [0.05, 0.1) is 0 Å². The lowest BCUT2D eigenvalue weighted by molar-refractivity contribution is -0.141. The third kappa shape index (κ3) is 2.10. The van der Waals surface area contributed by atoms with E-state index in [1.807, 2.05) is 0 Å². The molecule has 2 rings (SSSR count). The normalized spacial score (nSPS) is 17.4. The first kappa shape index (κ1) is 10.0. The van der Waals surface area contributed by atoms with Crippen molar-refractivity contribution in [2.24, 2.45) is 5.92 Å². The standard InChI is InChI=1S/C8H8BrF3N2/c9-7-3-6(8(10,11)12)13-14(7)4-5-1-2-5/h3,5H,1-2,4H2. The van der Waals surface area contributed by atoms with Gasteiger partial charge in [-0.1, -0.05) is 0 Å². The van der Waals surface area contributed by atoms with E-state index >= 15 is 0 Å². The molecule has 0 aromatic carbocycles. The fourth-order valence-corrected chi connectivity index (χ4v) is 1.65. The zero-order valence-electron chi connectivity index (χ0n) is 7.18. The molecular weight excluding hydrogens is 261 g/mol. The summed E-state index contributed by atoms with van der Waals surface area (Å²) >= 11 is 3.07. The molecule has 0 unspecified atom stereocenters. The fourth-order valence-electron chi connectivity index (χ4n) is 1.21. The number of nitrogens with zero attached hydrogens (tertiary/aromatic N) is 2. The Hall–Kier alpha value is -0.520. The van der Waals surface area contributed by atoms with Crippen molar-refractivity contribution in [3.63, 3.8) is 0 Å². The average Bonchev–Trinajstić information content (AvgIpc) is 2.76. The number of aromatic nitrogens is 2. The van der Waals surface area contributed by atoms with E-state index in [4.69, 9.17) is 0 Å². The fraction of sp³-hybridized carbons (Fsp3) is 0.625. The molecule has 2 nitrogen and oxygen atoms in total. The maximum absolute atomic E-state index is 12.2. The topological polar surface area (TPSA) is 17.8 Å². The van der Waals surface area contributed by atoms with Crippen LogP contribution in [-0.2, 0) is 12.7 Å². The van der Waals surface area contributed by atoms with E-state index in [1.165, 1.54) is 4.68 Å². The smallest absolute Gasteiger partial charge is 0.258 e. The number of hydrogen-bond donors (Lipinski definition) is 0. The van der Waals surface area contributed by atoms with E-state index in [0.717, 1.165) is 18.9 Å². The Labute approximate surface area is 87.2 Å². The van der Waals surface area contributed by atoms with Crippen LogP contribution in [0.1, 0.15) is 18.5 Å². The van der Waals surface area contributed by atoms with E-state index in [0.29, 0.717) is 17.1 Å². The van der Waals surface area contributed by atoms with Crippen LogP contribution >= 0.6 is 15.9 Å². The SMILES string of the molecule is FC(F)(F)c1cc(Br)n(CC2CC2)n1. The molecule has 0 saturated heterocycles. The zero-order chi connectivity index (χ0) is 10.3. The third-order valence-electron chi connectivity index (χ3n) is 2.15. The molecule has 0 aliphatic heterocycles. The van der Waals surface area contributed by atoms with Crippen molar-refractivity contribution in [3.8, 4) is 0 Å². The highest BCUT2D eigenvalue weighted by molar-refractivity contribution is 9.10. The Balaban J connectivity index is 2.19.